The number of ether oxygens (including phenoxy) is 2. The minimum Gasteiger partial charge on any atom is -0.496 e. The van der Waals surface area contributed by atoms with Gasteiger partial charge in [0.1, 0.15) is 17.2 Å². The van der Waals surface area contributed by atoms with Crippen LogP contribution in [0, 0.1) is 0 Å². The third-order valence-corrected chi connectivity index (χ3v) is 2.42. The maximum atomic E-state index is 11.1. The number of carbonyl (C=O) groups excluding carboxylic acids is 1. The number of methoxy groups -OCH3 is 2. The summed E-state index contributed by atoms with van der Waals surface area (Å²) in [5.41, 5.74) is 6.24. The maximum absolute atomic E-state index is 11.1. The number of amides is 1. The first-order valence-corrected chi connectivity index (χ1v) is 4.71. The van der Waals surface area contributed by atoms with Gasteiger partial charge in [0.2, 0.25) is 0 Å². The lowest BCUT2D eigenvalue weighted by Crippen LogP contribution is -2.10. The van der Waals surface area contributed by atoms with Gasteiger partial charge < -0.3 is 20.2 Å². The lowest BCUT2D eigenvalue weighted by atomic mass is 10.2. The third-order valence-electron chi connectivity index (χ3n) is 2.42. The lowest BCUT2D eigenvalue weighted by Gasteiger charge is -2.05. The standard InChI is InChI=1S/C11H12N2O3/c1-15-8-3-4-9(16-2)10-6(8)5-7(13-10)11(12)14/h3-5,13H,1-2H3,(H2,12,14). The van der Waals surface area contributed by atoms with Crippen LogP contribution in [0.2, 0.25) is 0 Å². The van der Waals surface area contributed by atoms with E-state index >= 15 is 0 Å². The molecule has 2 rings (SSSR count). The highest BCUT2D eigenvalue weighted by Crippen LogP contribution is 2.33. The molecule has 2 aromatic rings. The molecule has 0 fully saturated rings. The van der Waals surface area contributed by atoms with E-state index in [0.29, 0.717) is 22.7 Å². The summed E-state index contributed by atoms with van der Waals surface area (Å²) >= 11 is 0. The van der Waals surface area contributed by atoms with Crippen LogP contribution in [0.1, 0.15) is 10.5 Å². The van der Waals surface area contributed by atoms with Gasteiger partial charge in [-0.1, -0.05) is 0 Å². The van der Waals surface area contributed by atoms with Crippen LogP contribution in [0.3, 0.4) is 0 Å². The number of fused-ring (bicyclic) bond motifs is 1. The molecule has 0 bridgehead atoms. The molecule has 0 unspecified atom stereocenters. The Labute approximate surface area is 92.1 Å². The van der Waals surface area contributed by atoms with E-state index in [1.54, 1.807) is 32.4 Å². The Morgan fingerprint density at radius 2 is 1.88 bits per heavy atom. The highest BCUT2D eigenvalue weighted by molar-refractivity contribution is 6.00. The van der Waals surface area contributed by atoms with Crippen molar-refractivity contribution >= 4 is 16.8 Å². The number of carbonyl (C=O) groups is 1. The molecule has 1 amide bonds. The smallest absolute Gasteiger partial charge is 0.265 e. The number of hydrogen-bond acceptors (Lipinski definition) is 3. The van der Waals surface area contributed by atoms with Crippen molar-refractivity contribution in [2.45, 2.75) is 0 Å². The van der Waals surface area contributed by atoms with Gasteiger partial charge >= 0.3 is 0 Å². The summed E-state index contributed by atoms with van der Waals surface area (Å²) in [6, 6.07) is 5.20. The Morgan fingerprint density at radius 3 is 2.44 bits per heavy atom. The van der Waals surface area contributed by atoms with Gasteiger partial charge in [-0.25, -0.2) is 0 Å². The normalized spacial score (nSPS) is 10.4. The predicted molar refractivity (Wildman–Crippen MR) is 59.9 cm³/mol. The molecular formula is C11H12N2O3. The molecule has 16 heavy (non-hydrogen) atoms. The summed E-state index contributed by atoms with van der Waals surface area (Å²) in [7, 11) is 3.13. The van der Waals surface area contributed by atoms with Crippen LogP contribution < -0.4 is 15.2 Å². The van der Waals surface area contributed by atoms with Gasteiger partial charge in [0, 0.05) is 5.39 Å². The van der Waals surface area contributed by atoms with Crippen molar-refractivity contribution in [2.24, 2.45) is 5.73 Å². The fourth-order valence-corrected chi connectivity index (χ4v) is 1.65. The van der Waals surface area contributed by atoms with Crippen LogP contribution in [0.5, 0.6) is 11.5 Å². The molecule has 0 atom stereocenters. The molecule has 0 aliphatic heterocycles. The first kappa shape index (κ1) is 10.4. The van der Waals surface area contributed by atoms with Gasteiger partial charge in [0.15, 0.2) is 0 Å². The number of hydrogen-bond donors (Lipinski definition) is 2. The number of aromatic nitrogens is 1. The van der Waals surface area contributed by atoms with Crippen molar-refractivity contribution in [2.75, 3.05) is 14.2 Å². The Hall–Kier alpha value is -2.17. The second-order valence-corrected chi connectivity index (χ2v) is 3.31. The number of aromatic amines is 1. The fourth-order valence-electron chi connectivity index (χ4n) is 1.65. The molecule has 0 saturated carbocycles. The monoisotopic (exact) mass is 220 g/mol. The first-order chi connectivity index (χ1) is 7.67. The molecule has 5 nitrogen and oxygen atoms in total. The highest BCUT2D eigenvalue weighted by atomic mass is 16.5. The van der Waals surface area contributed by atoms with E-state index in [0.717, 1.165) is 5.39 Å². The van der Waals surface area contributed by atoms with Crippen molar-refractivity contribution in [1.82, 2.24) is 4.98 Å². The van der Waals surface area contributed by atoms with Crippen molar-refractivity contribution in [3.63, 3.8) is 0 Å². The predicted octanol–water partition coefficient (Wildman–Crippen LogP) is 1.28. The topological polar surface area (TPSA) is 77.3 Å². The molecular weight excluding hydrogens is 208 g/mol. The molecule has 0 spiro atoms. The van der Waals surface area contributed by atoms with Crippen LogP contribution in [-0.4, -0.2) is 25.1 Å². The van der Waals surface area contributed by atoms with E-state index in [4.69, 9.17) is 15.2 Å². The summed E-state index contributed by atoms with van der Waals surface area (Å²) < 4.78 is 10.4. The van der Waals surface area contributed by atoms with Gasteiger partial charge in [-0.2, -0.15) is 0 Å². The Morgan fingerprint density at radius 1 is 1.25 bits per heavy atom. The summed E-state index contributed by atoms with van der Waals surface area (Å²) in [6.45, 7) is 0. The van der Waals surface area contributed by atoms with Crippen LogP contribution in [-0.2, 0) is 0 Å². The van der Waals surface area contributed by atoms with E-state index < -0.39 is 5.91 Å². The van der Waals surface area contributed by atoms with Crippen LogP contribution in [0.4, 0.5) is 0 Å². The van der Waals surface area contributed by atoms with Crippen molar-refractivity contribution in [1.29, 1.82) is 0 Å². The van der Waals surface area contributed by atoms with Gasteiger partial charge in [-0.15, -0.1) is 0 Å². The van der Waals surface area contributed by atoms with Gasteiger partial charge in [-0.05, 0) is 18.2 Å². The van der Waals surface area contributed by atoms with Gasteiger partial charge in [0.25, 0.3) is 5.91 Å². The minimum atomic E-state index is -0.514. The van der Waals surface area contributed by atoms with Gasteiger partial charge in [0.05, 0.1) is 19.7 Å². The number of nitrogens with two attached hydrogens (primary N) is 1. The van der Waals surface area contributed by atoms with E-state index in [-0.39, 0.29) is 0 Å². The number of benzene rings is 1. The fraction of sp³-hybridized carbons (Fsp3) is 0.182. The van der Waals surface area contributed by atoms with Crippen molar-refractivity contribution in [3.05, 3.63) is 23.9 Å². The second kappa shape index (κ2) is 3.77. The Balaban J connectivity index is 2.75. The molecule has 1 aromatic heterocycles. The molecule has 1 aromatic carbocycles. The van der Waals surface area contributed by atoms with E-state index in [1.807, 2.05) is 0 Å². The molecule has 0 aliphatic carbocycles. The zero-order valence-corrected chi connectivity index (χ0v) is 9.03. The second-order valence-electron chi connectivity index (χ2n) is 3.31. The molecule has 0 aliphatic rings. The van der Waals surface area contributed by atoms with Gasteiger partial charge in [-0.3, -0.25) is 4.79 Å². The van der Waals surface area contributed by atoms with Crippen molar-refractivity contribution in [3.8, 4) is 11.5 Å². The Bertz CT molecular complexity index is 504. The van der Waals surface area contributed by atoms with E-state index in [2.05, 4.69) is 4.98 Å². The molecule has 0 saturated heterocycles. The largest absolute Gasteiger partial charge is 0.496 e. The summed E-state index contributed by atoms with van der Waals surface area (Å²) in [4.78, 5) is 14.0. The Kier molecular flexibility index (Phi) is 2.44. The molecule has 3 N–H and O–H groups in total. The van der Waals surface area contributed by atoms with E-state index in [9.17, 15) is 4.79 Å². The van der Waals surface area contributed by atoms with Crippen LogP contribution >= 0.6 is 0 Å². The maximum Gasteiger partial charge on any atom is 0.265 e. The molecule has 0 radical (unpaired) electrons. The molecule has 84 valence electrons. The van der Waals surface area contributed by atoms with Crippen molar-refractivity contribution < 1.29 is 14.3 Å². The minimum absolute atomic E-state index is 0.331. The highest BCUT2D eigenvalue weighted by Gasteiger charge is 2.13. The number of rotatable bonds is 3. The third kappa shape index (κ3) is 1.46. The quantitative estimate of drug-likeness (QED) is 0.818. The SMILES string of the molecule is COc1ccc(OC)c2[nH]c(C(N)=O)cc12. The zero-order valence-electron chi connectivity index (χ0n) is 9.03. The number of H-pyrrole nitrogens is 1. The van der Waals surface area contributed by atoms with Crippen LogP contribution in [0.15, 0.2) is 18.2 Å². The summed E-state index contributed by atoms with van der Waals surface area (Å²) in [5.74, 6) is 0.795. The number of primary amides is 1. The van der Waals surface area contributed by atoms with Crippen LogP contribution in [0.25, 0.3) is 10.9 Å². The first-order valence-electron chi connectivity index (χ1n) is 4.71. The molecule has 5 heteroatoms. The number of nitrogens with one attached hydrogen (secondary N) is 1. The van der Waals surface area contributed by atoms with E-state index in [1.165, 1.54) is 0 Å². The zero-order chi connectivity index (χ0) is 11.7. The summed E-state index contributed by atoms with van der Waals surface area (Å²) in [6.07, 6.45) is 0. The lowest BCUT2D eigenvalue weighted by molar-refractivity contribution is 0.0996. The average Bonchev–Trinajstić information content (AvgIpc) is 2.72. The average molecular weight is 220 g/mol. The molecule has 1 heterocycles. The summed E-state index contributed by atoms with van der Waals surface area (Å²) in [5, 5.41) is 0.774.